The second-order valence-electron chi connectivity index (χ2n) is 4.17. The number of aliphatic imine (C=N–C) groups is 1. The molecule has 0 bridgehead atoms. The van der Waals surface area contributed by atoms with Gasteiger partial charge in [-0.1, -0.05) is 0 Å². The molecular formula is C13H24N4S2. The van der Waals surface area contributed by atoms with Crippen molar-refractivity contribution < 1.29 is 0 Å². The maximum Gasteiger partial charge on any atom is 0.191 e. The molecule has 19 heavy (non-hydrogen) atoms. The zero-order chi connectivity index (χ0) is 13.9. The summed E-state index contributed by atoms with van der Waals surface area (Å²) in [4.78, 5) is 10.0. The summed E-state index contributed by atoms with van der Waals surface area (Å²) in [5, 5.41) is 7.74. The molecule has 0 aliphatic carbocycles. The fourth-order valence-electron chi connectivity index (χ4n) is 1.56. The van der Waals surface area contributed by atoms with Crippen LogP contribution in [0.3, 0.4) is 0 Å². The number of guanidine groups is 1. The Morgan fingerprint density at radius 1 is 1.42 bits per heavy atom. The van der Waals surface area contributed by atoms with Gasteiger partial charge in [-0.25, -0.2) is 9.98 Å². The van der Waals surface area contributed by atoms with Crippen LogP contribution in [0.5, 0.6) is 0 Å². The first-order chi connectivity index (χ1) is 9.26. The second kappa shape index (κ2) is 10.1. The Morgan fingerprint density at radius 2 is 2.26 bits per heavy atom. The minimum Gasteiger partial charge on any atom is -0.357 e. The lowest BCUT2D eigenvalue weighted by atomic mass is 10.3. The van der Waals surface area contributed by atoms with E-state index in [4.69, 9.17) is 0 Å². The number of unbranched alkanes of at least 4 members (excludes halogenated alkanes) is 1. The number of nitrogens with zero attached hydrogens (tertiary/aromatic N) is 2. The molecular weight excluding hydrogens is 276 g/mol. The van der Waals surface area contributed by atoms with Crippen molar-refractivity contribution in [1.82, 2.24) is 15.6 Å². The Hall–Kier alpha value is -0.750. The van der Waals surface area contributed by atoms with E-state index in [1.165, 1.54) is 23.5 Å². The molecule has 0 saturated heterocycles. The van der Waals surface area contributed by atoms with Crippen LogP contribution >= 0.6 is 23.1 Å². The van der Waals surface area contributed by atoms with E-state index >= 15 is 0 Å². The number of nitrogens with one attached hydrogen (secondary N) is 2. The van der Waals surface area contributed by atoms with Gasteiger partial charge in [0, 0.05) is 24.2 Å². The number of rotatable bonds is 8. The molecule has 0 aliphatic heterocycles. The molecule has 0 unspecified atom stereocenters. The molecule has 4 nitrogen and oxygen atoms in total. The van der Waals surface area contributed by atoms with Crippen molar-refractivity contribution in [3.63, 3.8) is 0 Å². The Morgan fingerprint density at radius 3 is 2.89 bits per heavy atom. The number of thioether (sulfide) groups is 1. The molecule has 0 radical (unpaired) electrons. The Kier molecular flexibility index (Phi) is 8.66. The molecule has 0 fully saturated rings. The molecule has 1 rings (SSSR count). The Labute approximate surface area is 124 Å². The van der Waals surface area contributed by atoms with Crippen molar-refractivity contribution in [2.75, 3.05) is 25.1 Å². The summed E-state index contributed by atoms with van der Waals surface area (Å²) in [7, 11) is 0. The van der Waals surface area contributed by atoms with Crippen molar-refractivity contribution in [1.29, 1.82) is 0 Å². The summed E-state index contributed by atoms with van der Waals surface area (Å²) < 4.78 is 0. The first-order valence-corrected chi connectivity index (χ1v) is 8.89. The van der Waals surface area contributed by atoms with Crippen LogP contribution in [-0.4, -0.2) is 36.0 Å². The lowest BCUT2D eigenvalue weighted by Crippen LogP contribution is -2.37. The third-order valence-corrected chi connectivity index (χ3v) is 4.07. The molecule has 1 heterocycles. The molecule has 1 aromatic rings. The van der Waals surface area contributed by atoms with Crippen molar-refractivity contribution >= 4 is 29.1 Å². The van der Waals surface area contributed by atoms with Gasteiger partial charge in [-0.05, 0) is 38.7 Å². The SMILES string of the molecule is CCNC(=NCc1cnc(C)s1)NCCCCSC. The maximum absolute atomic E-state index is 4.57. The molecule has 1 aromatic heterocycles. The van der Waals surface area contributed by atoms with E-state index in [9.17, 15) is 0 Å². The van der Waals surface area contributed by atoms with Gasteiger partial charge in [0.05, 0.1) is 11.6 Å². The van der Waals surface area contributed by atoms with Crippen LogP contribution in [0.4, 0.5) is 0 Å². The number of hydrogen-bond acceptors (Lipinski definition) is 4. The van der Waals surface area contributed by atoms with Gasteiger partial charge >= 0.3 is 0 Å². The highest BCUT2D eigenvalue weighted by Crippen LogP contribution is 2.12. The minimum atomic E-state index is 0.700. The average molecular weight is 300 g/mol. The molecule has 108 valence electrons. The fraction of sp³-hybridized carbons (Fsp3) is 0.692. The van der Waals surface area contributed by atoms with Crippen molar-refractivity contribution in [2.45, 2.75) is 33.2 Å². The molecule has 2 N–H and O–H groups in total. The van der Waals surface area contributed by atoms with Crippen molar-refractivity contribution in [3.05, 3.63) is 16.1 Å². The van der Waals surface area contributed by atoms with Crippen LogP contribution in [-0.2, 0) is 6.54 Å². The molecule has 0 aliphatic rings. The van der Waals surface area contributed by atoms with Crippen molar-refractivity contribution in [2.24, 2.45) is 4.99 Å². The average Bonchev–Trinajstić information content (AvgIpc) is 2.81. The van der Waals surface area contributed by atoms with E-state index in [-0.39, 0.29) is 0 Å². The van der Waals surface area contributed by atoms with Crippen LogP contribution in [0.2, 0.25) is 0 Å². The standard InChI is InChI=1S/C13H24N4S2/c1-4-14-13(15-7-5-6-8-18-3)17-10-12-9-16-11(2)19-12/h9H,4-8,10H2,1-3H3,(H2,14,15,17). The molecule has 0 spiro atoms. The third kappa shape index (κ3) is 7.42. The van der Waals surface area contributed by atoms with Gasteiger partial charge in [0.2, 0.25) is 0 Å². The number of aromatic nitrogens is 1. The molecule has 0 saturated carbocycles. The smallest absolute Gasteiger partial charge is 0.191 e. The van der Waals surface area contributed by atoms with Crippen LogP contribution in [0.15, 0.2) is 11.2 Å². The van der Waals surface area contributed by atoms with Gasteiger partial charge in [-0.2, -0.15) is 11.8 Å². The van der Waals surface area contributed by atoms with E-state index < -0.39 is 0 Å². The van der Waals surface area contributed by atoms with Crippen LogP contribution < -0.4 is 10.6 Å². The van der Waals surface area contributed by atoms with Gasteiger partial charge in [-0.3, -0.25) is 0 Å². The summed E-state index contributed by atoms with van der Waals surface area (Å²) in [5.74, 6) is 2.13. The highest BCUT2D eigenvalue weighted by atomic mass is 32.2. The zero-order valence-corrected chi connectivity index (χ0v) is 13.7. The van der Waals surface area contributed by atoms with Crippen LogP contribution in [0, 0.1) is 6.92 Å². The van der Waals surface area contributed by atoms with E-state index in [0.29, 0.717) is 6.54 Å². The van der Waals surface area contributed by atoms with Crippen LogP contribution in [0.25, 0.3) is 0 Å². The minimum absolute atomic E-state index is 0.700. The fourth-order valence-corrected chi connectivity index (χ4v) is 2.77. The van der Waals surface area contributed by atoms with Crippen LogP contribution in [0.1, 0.15) is 29.7 Å². The summed E-state index contributed by atoms with van der Waals surface area (Å²) in [6, 6.07) is 0. The third-order valence-electron chi connectivity index (χ3n) is 2.47. The number of hydrogen-bond donors (Lipinski definition) is 2. The quantitative estimate of drug-likeness (QED) is 0.440. The molecule has 0 atom stereocenters. The Balaban J connectivity index is 2.33. The number of thiazole rings is 1. The second-order valence-corrected chi connectivity index (χ2v) is 6.47. The van der Waals surface area contributed by atoms with Gasteiger partial charge in [-0.15, -0.1) is 11.3 Å². The summed E-state index contributed by atoms with van der Waals surface area (Å²) >= 11 is 3.61. The first kappa shape index (κ1) is 16.3. The molecule has 6 heteroatoms. The van der Waals surface area contributed by atoms with Gasteiger partial charge < -0.3 is 10.6 Å². The van der Waals surface area contributed by atoms with Gasteiger partial charge in [0.15, 0.2) is 5.96 Å². The van der Waals surface area contributed by atoms with E-state index in [1.54, 1.807) is 11.3 Å². The topological polar surface area (TPSA) is 49.3 Å². The highest BCUT2D eigenvalue weighted by Gasteiger charge is 1.99. The molecule has 0 amide bonds. The normalized spacial score (nSPS) is 11.6. The van der Waals surface area contributed by atoms with E-state index in [0.717, 1.165) is 24.1 Å². The number of aryl methyl sites for hydroxylation is 1. The lowest BCUT2D eigenvalue weighted by Gasteiger charge is -2.10. The van der Waals surface area contributed by atoms with Gasteiger partial charge in [0.1, 0.15) is 0 Å². The Bertz CT molecular complexity index is 376. The summed E-state index contributed by atoms with van der Waals surface area (Å²) in [6.45, 7) is 6.67. The predicted octanol–water partition coefficient (Wildman–Crippen LogP) is 2.65. The lowest BCUT2D eigenvalue weighted by molar-refractivity contribution is 0.735. The maximum atomic E-state index is 4.57. The van der Waals surface area contributed by atoms with Crippen molar-refractivity contribution in [3.8, 4) is 0 Å². The zero-order valence-electron chi connectivity index (χ0n) is 12.0. The highest BCUT2D eigenvalue weighted by molar-refractivity contribution is 7.98. The van der Waals surface area contributed by atoms with Gasteiger partial charge in [0.25, 0.3) is 0 Å². The monoisotopic (exact) mass is 300 g/mol. The molecule has 0 aromatic carbocycles. The largest absolute Gasteiger partial charge is 0.357 e. The first-order valence-electron chi connectivity index (χ1n) is 6.68. The summed E-state index contributed by atoms with van der Waals surface area (Å²) in [5.41, 5.74) is 0. The van der Waals surface area contributed by atoms with E-state index in [2.05, 4.69) is 33.8 Å². The van der Waals surface area contributed by atoms with E-state index in [1.807, 2.05) is 24.9 Å². The predicted molar refractivity (Wildman–Crippen MR) is 87.3 cm³/mol. The summed E-state index contributed by atoms with van der Waals surface area (Å²) in [6.07, 6.45) is 6.49.